The molecule has 0 atom stereocenters. The largest absolute Gasteiger partial charge is 0.484 e. The van der Waals surface area contributed by atoms with Crippen LogP contribution in [0.15, 0.2) is 41.3 Å². The predicted octanol–water partition coefficient (Wildman–Crippen LogP) is 2.53. The van der Waals surface area contributed by atoms with E-state index in [2.05, 4.69) is 15.6 Å². The summed E-state index contributed by atoms with van der Waals surface area (Å²) in [5, 5.41) is 0. The lowest BCUT2D eigenvalue weighted by Crippen LogP contribution is -2.44. The first-order valence-corrected chi connectivity index (χ1v) is 11.2. The van der Waals surface area contributed by atoms with Gasteiger partial charge in [-0.1, -0.05) is 12.1 Å². The van der Waals surface area contributed by atoms with Gasteiger partial charge in [-0.3, -0.25) is 20.4 Å². The summed E-state index contributed by atoms with van der Waals surface area (Å²) in [7, 11) is -3.81. The smallest absolute Gasteiger partial charge is 0.276 e. The maximum atomic E-state index is 12.5. The number of benzene rings is 2. The van der Waals surface area contributed by atoms with E-state index in [0.29, 0.717) is 11.3 Å². The van der Waals surface area contributed by atoms with Crippen LogP contribution < -0.4 is 20.3 Å². The number of carbonyl (C=O) groups excluding carboxylic acids is 2. The Balaban J connectivity index is 2.01. The van der Waals surface area contributed by atoms with Gasteiger partial charge in [-0.2, -0.15) is 0 Å². The summed E-state index contributed by atoms with van der Waals surface area (Å²) in [5.74, 6) is -0.642. The fraction of sp³-hybridized carbons (Fsp3) is 0.364. The average Bonchev–Trinajstić information content (AvgIpc) is 2.65. The molecule has 0 aliphatic rings. The number of amides is 2. The van der Waals surface area contributed by atoms with Crippen molar-refractivity contribution in [2.24, 2.45) is 0 Å². The molecule has 0 aliphatic carbocycles. The summed E-state index contributed by atoms with van der Waals surface area (Å²) in [5.41, 5.74) is 6.74. The van der Waals surface area contributed by atoms with Crippen LogP contribution >= 0.6 is 0 Å². The molecule has 0 spiro atoms. The van der Waals surface area contributed by atoms with E-state index in [1.54, 1.807) is 33.8 Å². The van der Waals surface area contributed by atoms with Gasteiger partial charge in [-0.15, -0.1) is 0 Å². The van der Waals surface area contributed by atoms with Crippen LogP contribution in [0.5, 0.6) is 5.75 Å². The third-order valence-corrected chi connectivity index (χ3v) is 6.12. The normalized spacial score (nSPS) is 11.7. The Morgan fingerprint density at radius 3 is 2.16 bits per heavy atom. The van der Waals surface area contributed by atoms with Gasteiger partial charge in [0.25, 0.3) is 11.8 Å². The molecule has 2 aromatic carbocycles. The molecule has 0 saturated heterocycles. The first kappa shape index (κ1) is 24.4. The van der Waals surface area contributed by atoms with Crippen LogP contribution in [0.4, 0.5) is 0 Å². The van der Waals surface area contributed by atoms with Gasteiger partial charge in [0.1, 0.15) is 5.75 Å². The lowest BCUT2D eigenvalue weighted by atomic mass is 10.1. The van der Waals surface area contributed by atoms with Crippen LogP contribution in [-0.2, 0) is 14.8 Å². The van der Waals surface area contributed by atoms with Gasteiger partial charge in [-0.25, -0.2) is 13.1 Å². The number of hydrazine groups is 1. The third-order valence-electron chi connectivity index (χ3n) is 4.37. The van der Waals surface area contributed by atoms with Crippen LogP contribution in [0.3, 0.4) is 0 Å². The molecule has 0 aromatic heterocycles. The molecule has 0 saturated carbocycles. The summed E-state index contributed by atoms with van der Waals surface area (Å²) in [4.78, 5) is 24.5. The number of sulfonamides is 1. The van der Waals surface area contributed by atoms with Crippen LogP contribution in [-0.4, -0.2) is 32.4 Å². The minimum atomic E-state index is -3.81. The molecule has 2 rings (SSSR count). The number of rotatable bonds is 6. The molecule has 0 bridgehead atoms. The number of nitrogens with one attached hydrogen (secondary N) is 3. The molecule has 168 valence electrons. The highest BCUT2D eigenvalue weighted by atomic mass is 32.2. The second-order valence-corrected chi connectivity index (χ2v) is 10.1. The number of ether oxygens (including phenoxy) is 1. The van der Waals surface area contributed by atoms with E-state index in [1.165, 1.54) is 18.2 Å². The fourth-order valence-electron chi connectivity index (χ4n) is 2.66. The van der Waals surface area contributed by atoms with E-state index in [4.69, 9.17) is 4.74 Å². The predicted molar refractivity (Wildman–Crippen MR) is 118 cm³/mol. The highest BCUT2D eigenvalue weighted by Gasteiger charge is 2.23. The summed E-state index contributed by atoms with van der Waals surface area (Å²) in [6.07, 6.45) is 0. The van der Waals surface area contributed by atoms with Gasteiger partial charge in [-0.05, 0) is 82.5 Å². The maximum absolute atomic E-state index is 12.5. The van der Waals surface area contributed by atoms with Crippen LogP contribution in [0, 0.1) is 20.8 Å². The fourth-order valence-corrected chi connectivity index (χ4v) is 4.10. The van der Waals surface area contributed by atoms with Gasteiger partial charge in [0.15, 0.2) is 6.61 Å². The standard InChI is InChI=1S/C22H29N3O5S/c1-14-7-9-17(11-16(14)3)30-13-20(26)23-24-21(27)19-12-18(10-8-15(19)2)31(28,29)25-22(4,5)6/h7-12,25H,13H2,1-6H3,(H,23,26)(H,24,27). The minimum Gasteiger partial charge on any atom is -0.484 e. The SMILES string of the molecule is Cc1ccc(OCC(=O)NNC(=O)c2cc(S(=O)(=O)NC(C)(C)C)ccc2C)cc1C. The molecular formula is C22H29N3O5S. The first-order chi connectivity index (χ1) is 14.3. The Morgan fingerprint density at radius 2 is 1.55 bits per heavy atom. The van der Waals surface area contributed by atoms with E-state index in [1.807, 2.05) is 26.0 Å². The van der Waals surface area contributed by atoms with Gasteiger partial charge in [0, 0.05) is 11.1 Å². The molecule has 2 amide bonds. The zero-order valence-electron chi connectivity index (χ0n) is 18.6. The summed E-state index contributed by atoms with van der Waals surface area (Å²) >= 11 is 0. The third kappa shape index (κ3) is 7.08. The topological polar surface area (TPSA) is 114 Å². The van der Waals surface area contributed by atoms with Gasteiger partial charge in [0.2, 0.25) is 10.0 Å². The Hall–Kier alpha value is -2.91. The van der Waals surface area contributed by atoms with Crippen molar-refractivity contribution in [3.8, 4) is 5.75 Å². The lowest BCUT2D eigenvalue weighted by molar-refractivity contribution is -0.123. The van der Waals surface area contributed by atoms with Gasteiger partial charge < -0.3 is 4.74 Å². The van der Waals surface area contributed by atoms with Crippen molar-refractivity contribution in [1.29, 1.82) is 0 Å². The first-order valence-electron chi connectivity index (χ1n) is 9.72. The number of carbonyl (C=O) groups is 2. The molecule has 0 aliphatic heterocycles. The van der Waals surface area contributed by atoms with Crippen molar-refractivity contribution < 1.29 is 22.7 Å². The zero-order chi connectivity index (χ0) is 23.4. The van der Waals surface area contributed by atoms with E-state index in [0.717, 1.165) is 11.1 Å². The molecule has 31 heavy (non-hydrogen) atoms. The molecule has 0 radical (unpaired) electrons. The van der Waals surface area contributed by atoms with Crippen molar-refractivity contribution in [2.45, 2.75) is 52.0 Å². The van der Waals surface area contributed by atoms with Crippen LogP contribution in [0.2, 0.25) is 0 Å². The molecular weight excluding hydrogens is 418 g/mol. The Morgan fingerprint density at radius 1 is 0.903 bits per heavy atom. The van der Waals surface area contributed by atoms with Crippen LogP contribution in [0.25, 0.3) is 0 Å². The molecule has 0 unspecified atom stereocenters. The molecule has 3 N–H and O–H groups in total. The van der Waals surface area contributed by atoms with Crippen molar-refractivity contribution >= 4 is 21.8 Å². The van der Waals surface area contributed by atoms with E-state index < -0.39 is 27.4 Å². The van der Waals surface area contributed by atoms with E-state index in [9.17, 15) is 18.0 Å². The highest BCUT2D eigenvalue weighted by Crippen LogP contribution is 2.18. The van der Waals surface area contributed by atoms with Gasteiger partial charge in [0.05, 0.1) is 4.90 Å². The Kier molecular flexibility index (Phi) is 7.45. The monoisotopic (exact) mass is 447 g/mol. The zero-order valence-corrected chi connectivity index (χ0v) is 19.4. The second-order valence-electron chi connectivity index (χ2n) is 8.37. The summed E-state index contributed by atoms with van der Waals surface area (Å²) in [6, 6.07) is 9.71. The molecule has 2 aromatic rings. The number of aryl methyl sites for hydroxylation is 3. The number of hydrogen-bond donors (Lipinski definition) is 3. The van der Waals surface area contributed by atoms with Crippen molar-refractivity contribution in [1.82, 2.24) is 15.6 Å². The minimum absolute atomic E-state index is 0.0393. The highest BCUT2D eigenvalue weighted by molar-refractivity contribution is 7.89. The maximum Gasteiger partial charge on any atom is 0.276 e. The Bertz CT molecular complexity index is 1090. The van der Waals surface area contributed by atoms with Crippen LogP contribution in [0.1, 0.15) is 47.8 Å². The van der Waals surface area contributed by atoms with Crippen molar-refractivity contribution in [3.63, 3.8) is 0 Å². The quantitative estimate of drug-likeness (QED) is 0.589. The van der Waals surface area contributed by atoms with Crippen molar-refractivity contribution in [2.75, 3.05) is 6.61 Å². The Labute approximate surface area is 183 Å². The second kappa shape index (κ2) is 9.49. The van der Waals surface area contributed by atoms with E-state index in [-0.39, 0.29) is 17.1 Å². The molecule has 9 heteroatoms. The van der Waals surface area contributed by atoms with Gasteiger partial charge >= 0.3 is 0 Å². The average molecular weight is 448 g/mol. The number of hydrogen-bond acceptors (Lipinski definition) is 5. The summed E-state index contributed by atoms with van der Waals surface area (Å²) < 4.78 is 33.0. The molecule has 8 nitrogen and oxygen atoms in total. The summed E-state index contributed by atoms with van der Waals surface area (Å²) in [6.45, 7) is 10.5. The van der Waals surface area contributed by atoms with E-state index >= 15 is 0 Å². The molecule has 0 heterocycles. The van der Waals surface area contributed by atoms with Crippen molar-refractivity contribution in [3.05, 3.63) is 58.7 Å². The lowest BCUT2D eigenvalue weighted by Gasteiger charge is -2.20. The molecule has 0 fully saturated rings.